The normalized spacial score (nSPS) is 19.5. The summed E-state index contributed by atoms with van der Waals surface area (Å²) in [6, 6.07) is 5.01. The number of urea groups is 1. The van der Waals surface area contributed by atoms with E-state index >= 15 is 0 Å². The molecule has 0 unspecified atom stereocenters. The Balaban J connectivity index is 1.92. The molecule has 7 heteroatoms. The number of carbonyl (C=O) groups is 2. The zero-order valence-corrected chi connectivity index (χ0v) is 11.7. The van der Waals surface area contributed by atoms with Gasteiger partial charge in [-0.2, -0.15) is 0 Å². The van der Waals surface area contributed by atoms with Crippen molar-refractivity contribution in [2.75, 3.05) is 18.0 Å². The van der Waals surface area contributed by atoms with Crippen LogP contribution in [0.15, 0.2) is 24.3 Å². The van der Waals surface area contributed by atoms with Gasteiger partial charge in [0.1, 0.15) is 5.82 Å². The number of hydrogen-bond donors (Lipinski definition) is 3. The van der Waals surface area contributed by atoms with E-state index in [0.29, 0.717) is 12.2 Å². The second-order valence-corrected chi connectivity index (χ2v) is 5.09. The number of aliphatic hydroxyl groups is 1. The Morgan fingerprint density at radius 2 is 2.33 bits per heavy atom. The van der Waals surface area contributed by atoms with Gasteiger partial charge >= 0.3 is 6.03 Å². The Morgan fingerprint density at radius 1 is 1.57 bits per heavy atom. The molecule has 21 heavy (non-hydrogen) atoms. The summed E-state index contributed by atoms with van der Waals surface area (Å²) in [5.41, 5.74) is 0.480. The lowest BCUT2D eigenvalue weighted by Crippen LogP contribution is -2.45. The van der Waals surface area contributed by atoms with Gasteiger partial charge in [0.2, 0.25) is 5.91 Å². The average Bonchev–Trinajstić information content (AvgIpc) is 2.77. The second-order valence-electron chi connectivity index (χ2n) is 5.09. The molecule has 0 aromatic heterocycles. The second kappa shape index (κ2) is 6.53. The van der Waals surface area contributed by atoms with Gasteiger partial charge in [-0.05, 0) is 25.1 Å². The molecule has 2 atom stereocenters. The number of nitrogens with one attached hydrogen (secondary N) is 2. The van der Waals surface area contributed by atoms with E-state index in [0.717, 1.165) is 0 Å². The van der Waals surface area contributed by atoms with Gasteiger partial charge in [-0.25, -0.2) is 9.18 Å². The fourth-order valence-electron chi connectivity index (χ4n) is 2.17. The van der Waals surface area contributed by atoms with Crippen LogP contribution in [0.4, 0.5) is 14.9 Å². The monoisotopic (exact) mass is 295 g/mol. The van der Waals surface area contributed by atoms with Crippen molar-refractivity contribution in [1.82, 2.24) is 10.6 Å². The third-order valence-electron chi connectivity index (χ3n) is 3.14. The molecule has 0 aliphatic carbocycles. The number of rotatable bonds is 4. The van der Waals surface area contributed by atoms with Gasteiger partial charge in [-0.15, -0.1) is 0 Å². The molecule has 1 aromatic rings. The highest BCUT2D eigenvalue weighted by Crippen LogP contribution is 2.22. The molecule has 6 nitrogen and oxygen atoms in total. The number of benzene rings is 1. The van der Waals surface area contributed by atoms with E-state index < -0.39 is 18.0 Å². The third-order valence-corrected chi connectivity index (χ3v) is 3.14. The summed E-state index contributed by atoms with van der Waals surface area (Å²) in [5.74, 6) is -0.576. The van der Waals surface area contributed by atoms with Crippen molar-refractivity contribution in [1.29, 1.82) is 0 Å². The first kappa shape index (κ1) is 15.2. The molecular formula is C14H18FN3O3. The maximum atomic E-state index is 13.2. The van der Waals surface area contributed by atoms with Crippen LogP contribution in [-0.4, -0.2) is 42.3 Å². The molecule has 3 N–H and O–H groups in total. The minimum atomic E-state index is -0.634. The first-order chi connectivity index (χ1) is 9.95. The molecule has 1 saturated heterocycles. The lowest BCUT2D eigenvalue weighted by molar-refractivity contribution is -0.117. The van der Waals surface area contributed by atoms with Crippen LogP contribution in [-0.2, 0) is 4.79 Å². The maximum absolute atomic E-state index is 13.2. The molecular weight excluding hydrogens is 277 g/mol. The van der Waals surface area contributed by atoms with Crippen molar-refractivity contribution in [2.24, 2.45) is 0 Å². The summed E-state index contributed by atoms with van der Waals surface area (Å²) in [7, 11) is 0. The Labute approximate surface area is 121 Å². The summed E-state index contributed by atoms with van der Waals surface area (Å²) in [6.07, 6.45) is -0.469. The number of aliphatic hydroxyl groups excluding tert-OH is 1. The molecule has 2 rings (SSSR count). The first-order valence-electron chi connectivity index (χ1n) is 6.74. The van der Waals surface area contributed by atoms with Crippen LogP contribution >= 0.6 is 0 Å². The van der Waals surface area contributed by atoms with Gasteiger partial charge in [0.25, 0.3) is 0 Å². The van der Waals surface area contributed by atoms with Gasteiger partial charge < -0.3 is 20.6 Å². The van der Waals surface area contributed by atoms with Gasteiger partial charge in [0.05, 0.1) is 12.1 Å². The van der Waals surface area contributed by atoms with Gasteiger partial charge in [0.15, 0.2) is 0 Å². The van der Waals surface area contributed by atoms with Crippen molar-refractivity contribution in [3.05, 3.63) is 30.1 Å². The molecule has 0 radical (unpaired) electrons. The van der Waals surface area contributed by atoms with Gasteiger partial charge in [-0.1, -0.05) is 6.07 Å². The lowest BCUT2D eigenvalue weighted by Gasteiger charge is -2.17. The summed E-state index contributed by atoms with van der Waals surface area (Å²) in [4.78, 5) is 25.0. The number of anilines is 1. The lowest BCUT2D eigenvalue weighted by atomic mass is 10.2. The van der Waals surface area contributed by atoms with E-state index in [-0.39, 0.29) is 24.9 Å². The van der Waals surface area contributed by atoms with Crippen molar-refractivity contribution >= 4 is 17.6 Å². The SMILES string of the molecule is C[C@H](O)CNC(=O)N[C@@H]1CC(=O)N(c2cccc(F)c2)C1. The van der Waals surface area contributed by atoms with Crippen molar-refractivity contribution < 1.29 is 19.1 Å². The first-order valence-corrected chi connectivity index (χ1v) is 6.74. The number of halogens is 1. The number of nitrogens with zero attached hydrogens (tertiary/aromatic N) is 1. The molecule has 0 saturated carbocycles. The molecule has 1 aliphatic heterocycles. The highest BCUT2D eigenvalue weighted by atomic mass is 19.1. The number of amides is 3. The van der Waals surface area contributed by atoms with Crippen LogP contribution in [0, 0.1) is 5.82 Å². The summed E-state index contributed by atoms with van der Waals surface area (Å²) >= 11 is 0. The van der Waals surface area contributed by atoms with Crippen LogP contribution in [0.25, 0.3) is 0 Å². The molecule has 114 valence electrons. The fraction of sp³-hybridized carbons (Fsp3) is 0.429. The van der Waals surface area contributed by atoms with E-state index in [4.69, 9.17) is 5.11 Å². The largest absolute Gasteiger partial charge is 0.392 e. The van der Waals surface area contributed by atoms with E-state index in [1.165, 1.54) is 23.1 Å². The molecule has 1 heterocycles. The number of carbonyl (C=O) groups excluding carboxylic acids is 2. The van der Waals surface area contributed by atoms with Gasteiger partial charge in [-0.3, -0.25) is 4.79 Å². The van der Waals surface area contributed by atoms with Gasteiger partial charge in [0, 0.05) is 25.2 Å². The third kappa shape index (κ3) is 4.16. The standard InChI is InChI=1S/C14H18FN3O3/c1-9(19)7-16-14(21)17-11-6-13(20)18(8-11)12-4-2-3-10(15)5-12/h2-5,9,11,19H,6-8H2,1H3,(H2,16,17,21)/t9-,11+/m0/s1. The average molecular weight is 295 g/mol. The summed E-state index contributed by atoms with van der Waals surface area (Å²) in [6.45, 7) is 2.00. The molecule has 1 aromatic carbocycles. The zero-order chi connectivity index (χ0) is 15.4. The van der Waals surface area contributed by atoms with Crippen LogP contribution in [0.5, 0.6) is 0 Å². The van der Waals surface area contributed by atoms with Crippen molar-refractivity contribution in [2.45, 2.75) is 25.5 Å². The Morgan fingerprint density at radius 3 is 3.00 bits per heavy atom. The number of hydrogen-bond acceptors (Lipinski definition) is 3. The molecule has 0 bridgehead atoms. The molecule has 0 spiro atoms. The summed E-state index contributed by atoms with van der Waals surface area (Å²) in [5, 5.41) is 14.2. The fourth-order valence-corrected chi connectivity index (χ4v) is 2.17. The molecule has 1 fully saturated rings. The summed E-state index contributed by atoms with van der Waals surface area (Å²) < 4.78 is 13.2. The smallest absolute Gasteiger partial charge is 0.315 e. The molecule has 3 amide bonds. The molecule has 1 aliphatic rings. The van der Waals surface area contributed by atoms with Crippen molar-refractivity contribution in [3.63, 3.8) is 0 Å². The van der Waals surface area contributed by atoms with E-state index in [2.05, 4.69) is 10.6 Å². The Hall–Kier alpha value is -2.15. The topological polar surface area (TPSA) is 81.7 Å². The van der Waals surface area contributed by atoms with Crippen LogP contribution < -0.4 is 15.5 Å². The van der Waals surface area contributed by atoms with E-state index in [9.17, 15) is 14.0 Å². The highest BCUT2D eigenvalue weighted by Gasteiger charge is 2.31. The predicted octanol–water partition coefficient (Wildman–Crippen LogP) is 0.611. The Kier molecular flexibility index (Phi) is 4.74. The Bertz CT molecular complexity index is 536. The zero-order valence-electron chi connectivity index (χ0n) is 11.7. The maximum Gasteiger partial charge on any atom is 0.315 e. The van der Waals surface area contributed by atoms with Crippen LogP contribution in [0.1, 0.15) is 13.3 Å². The van der Waals surface area contributed by atoms with Crippen LogP contribution in [0.2, 0.25) is 0 Å². The predicted molar refractivity (Wildman–Crippen MR) is 75.4 cm³/mol. The highest BCUT2D eigenvalue weighted by molar-refractivity contribution is 5.96. The minimum absolute atomic E-state index is 0.139. The van der Waals surface area contributed by atoms with E-state index in [1.807, 2.05) is 0 Å². The van der Waals surface area contributed by atoms with Crippen molar-refractivity contribution in [3.8, 4) is 0 Å². The van der Waals surface area contributed by atoms with Crippen LogP contribution in [0.3, 0.4) is 0 Å². The minimum Gasteiger partial charge on any atom is -0.392 e. The van der Waals surface area contributed by atoms with E-state index in [1.54, 1.807) is 13.0 Å². The quantitative estimate of drug-likeness (QED) is 0.761.